The molecular weight excluding hydrogens is 331 g/mol. The molecule has 0 spiro atoms. The van der Waals surface area contributed by atoms with Crippen molar-refractivity contribution in [2.24, 2.45) is 0 Å². The van der Waals surface area contributed by atoms with Crippen LogP contribution in [0.25, 0.3) is 0 Å². The van der Waals surface area contributed by atoms with Crippen LogP contribution in [0.15, 0.2) is 54.6 Å². The predicted octanol–water partition coefficient (Wildman–Crippen LogP) is 3.31. The summed E-state index contributed by atoms with van der Waals surface area (Å²) in [6, 6.07) is 14.7. The molecule has 1 N–H and O–H groups in total. The maximum Gasteiger partial charge on any atom is 0.242 e. The zero-order chi connectivity index (χ0) is 19.1. The van der Waals surface area contributed by atoms with E-state index in [0.29, 0.717) is 0 Å². The SMILES string of the molecule is CC(C)NC(=O)[C@@H](C)N(Cc1ccc(F)cc1)C(=O)Cc1ccccc1. The van der Waals surface area contributed by atoms with Gasteiger partial charge in [0.1, 0.15) is 11.9 Å². The number of amides is 2. The predicted molar refractivity (Wildman–Crippen MR) is 99.8 cm³/mol. The van der Waals surface area contributed by atoms with Crippen molar-refractivity contribution in [1.29, 1.82) is 0 Å². The number of hydrogen-bond acceptors (Lipinski definition) is 2. The molecule has 0 aliphatic heterocycles. The first kappa shape index (κ1) is 19.6. The van der Waals surface area contributed by atoms with E-state index in [4.69, 9.17) is 0 Å². The van der Waals surface area contributed by atoms with Gasteiger partial charge in [0.2, 0.25) is 11.8 Å². The number of carbonyl (C=O) groups excluding carboxylic acids is 2. The summed E-state index contributed by atoms with van der Waals surface area (Å²) in [4.78, 5) is 26.9. The van der Waals surface area contributed by atoms with Crippen LogP contribution in [0.3, 0.4) is 0 Å². The van der Waals surface area contributed by atoms with Crippen molar-refractivity contribution in [2.75, 3.05) is 0 Å². The van der Waals surface area contributed by atoms with Crippen molar-refractivity contribution in [1.82, 2.24) is 10.2 Å². The fraction of sp³-hybridized carbons (Fsp3) is 0.333. The third kappa shape index (κ3) is 5.69. The molecule has 1 atom stereocenters. The van der Waals surface area contributed by atoms with E-state index in [9.17, 15) is 14.0 Å². The normalized spacial score (nSPS) is 11.9. The van der Waals surface area contributed by atoms with E-state index in [2.05, 4.69) is 5.32 Å². The van der Waals surface area contributed by atoms with Crippen molar-refractivity contribution < 1.29 is 14.0 Å². The highest BCUT2D eigenvalue weighted by atomic mass is 19.1. The van der Waals surface area contributed by atoms with Gasteiger partial charge in [-0.3, -0.25) is 9.59 Å². The second kappa shape index (κ2) is 9.13. The van der Waals surface area contributed by atoms with Crippen molar-refractivity contribution in [3.05, 3.63) is 71.5 Å². The van der Waals surface area contributed by atoms with Gasteiger partial charge in [-0.1, -0.05) is 42.5 Å². The molecule has 0 bridgehead atoms. The van der Waals surface area contributed by atoms with Gasteiger partial charge in [0.15, 0.2) is 0 Å². The molecule has 0 fully saturated rings. The highest BCUT2D eigenvalue weighted by molar-refractivity contribution is 5.88. The topological polar surface area (TPSA) is 49.4 Å². The molecule has 4 nitrogen and oxygen atoms in total. The van der Waals surface area contributed by atoms with Gasteiger partial charge in [-0.15, -0.1) is 0 Å². The van der Waals surface area contributed by atoms with Crippen LogP contribution in [0, 0.1) is 5.82 Å². The minimum Gasteiger partial charge on any atom is -0.352 e. The van der Waals surface area contributed by atoms with Crippen LogP contribution in [0.5, 0.6) is 0 Å². The monoisotopic (exact) mass is 356 g/mol. The van der Waals surface area contributed by atoms with E-state index < -0.39 is 6.04 Å². The molecule has 0 saturated heterocycles. The second-order valence-corrected chi connectivity index (χ2v) is 6.65. The summed E-state index contributed by atoms with van der Waals surface area (Å²) in [7, 11) is 0. The Morgan fingerprint density at radius 1 is 0.962 bits per heavy atom. The number of rotatable bonds is 7. The number of benzene rings is 2. The van der Waals surface area contributed by atoms with Crippen molar-refractivity contribution in [2.45, 2.75) is 45.8 Å². The lowest BCUT2D eigenvalue weighted by Crippen LogP contribution is -2.49. The molecular formula is C21H25FN2O2. The first-order chi connectivity index (χ1) is 12.4. The van der Waals surface area contributed by atoms with E-state index in [1.165, 1.54) is 17.0 Å². The smallest absolute Gasteiger partial charge is 0.242 e. The van der Waals surface area contributed by atoms with Gasteiger partial charge in [-0.25, -0.2) is 4.39 Å². The van der Waals surface area contributed by atoms with Gasteiger partial charge >= 0.3 is 0 Å². The maximum absolute atomic E-state index is 13.2. The van der Waals surface area contributed by atoms with Gasteiger partial charge in [-0.05, 0) is 44.0 Å². The molecule has 0 heterocycles. The van der Waals surface area contributed by atoms with Crippen LogP contribution in [-0.4, -0.2) is 28.8 Å². The quantitative estimate of drug-likeness (QED) is 0.827. The molecule has 5 heteroatoms. The molecule has 2 rings (SSSR count). The third-order valence-corrected chi connectivity index (χ3v) is 4.06. The zero-order valence-corrected chi connectivity index (χ0v) is 15.4. The van der Waals surface area contributed by atoms with E-state index >= 15 is 0 Å². The lowest BCUT2D eigenvalue weighted by molar-refractivity contribution is -0.140. The molecule has 0 aliphatic rings. The molecule has 0 radical (unpaired) electrons. The average Bonchev–Trinajstić information content (AvgIpc) is 2.60. The fourth-order valence-electron chi connectivity index (χ4n) is 2.65. The van der Waals surface area contributed by atoms with Gasteiger partial charge in [-0.2, -0.15) is 0 Å². The fourth-order valence-corrected chi connectivity index (χ4v) is 2.65. The number of nitrogens with one attached hydrogen (secondary N) is 1. The van der Waals surface area contributed by atoms with Crippen LogP contribution < -0.4 is 5.32 Å². The van der Waals surface area contributed by atoms with Gasteiger partial charge in [0, 0.05) is 12.6 Å². The number of halogens is 1. The number of carbonyl (C=O) groups is 2. The molecule has 0 aliphatic carbocycles. The van der Waals surface area contributed by atoms with E-state index in [1.54, 1.807) is 19.1 Å². The van der Waals surface area contributed by atoms with Crippen LogP contribution in [0.1, 0.15) is 31.9 Å². The molecule has 2 aromatic carbocycles. The molecule has 0 aromatic heterocycles. The molecule has 2 amide bonds. The van der Waals surface area contributed by atoms with Crippen LogP contribution in [0.2, 0.25) is 0 Å². The Hall–Kier alpha value is -2.69. The van der Waals surface area contributed by atoms with E-state index in [0.717, 1.165) is 11.1 Å². The Kier molecular flexibility index (Phi) is 6.89. The number of hydrogen-bond donors (Lipinski definition) is 1. The Labute approximate surface area is 154 Å². The highest BCUT2D eigenvalue weighted by Gasteiger charge is 2.26. The molecule has 0 saturated carbocycles. The largest absolute Gasteiger partial charge is 0.352 e. The Morgan fingerprint density at radius 2 is 1.58 bits per heavy atom. The zero-order valence-electron chi connectivity index (χ0n) is 15.4. The molecule has 2 aromatic rings. The maximum atomic E-state index is 13.2. The van der Waals surface area contributed by atoms with Crippen molar-refractivity contribution >= 4 is 11.8 Å². The molecule has 0 unspecified atom stereocenters. The number of nitrogens with zero attached hydrogens (tertiary/aromatic N) is 1. The standard InChI is InChI=1S/C21H25FN2O2/c1-15(2)23-21(26)16(3)24(14-18-9-11-19(22)12-10-18)20(25)13-17-7-5-4-6-8-17/h4-12,15-16H,13-14H2,1-3H3,(H,23,26)/t16-/m1/s1. The Balaban J connectivity index is 2.20. The summed E-state index contributed by atoms with van der Waals surface area (Å²) < 4.78 is 13.2. The van der Waals surface area contributed by atoms with Crippen molar-refractivity contribution in [3.8, 4) is 0 Å². The van der Waals surface area contributed by atoms with Gasteiger partial charge < -0.3 is 10.2 Å². The summed E-state index contributed by atoms with van der Waals surface area (Å²) >= 11 is 0. The highest BCUT2D eigenvalue weighted by Crippen LogP contribution is 2.13. The lowest BCUT2D eigenvalue weighted by Gasteiger charge is -2.29. The Morgan fingerprint density at radius 3 is 2.15 bits per heavy atom. The third-order valence-electron chi connectivity index (χ3n) is 4.06. The van der Waals surface area contributed by atoms with Gasteiger partial charge in [0.05, 0.1) is 6.42 Å². The second-order valence-electron chi connectivity index (χ2n) is 6.65. The van der Waals surface area contributed by atoms with Crippen molar-refractivity contribution in [3.63, 3.8) is 0 Å². The van der Waals surface area contributed by atoms with Crippen LogP contribution >= 0.6 is 0 Å². The average molecular weight is 356 g/mol. The summed E-state index contributed by atoms with van der Waals surface area (Å²) in [6.45, 7) is 5.71. The minimum atomic E-state index is -0.626. The van der Waals surface area contributed by atoms with Crippen LogP contribution in [0.4, 0.5) is 4.39 Å². The molecule has 26 heavy (non-hydrogen) atoms. The minimum absolute atomic E-state index is 0.0122. The summed E-state index contributed by atoms with van der Waals surface area (Å²) in [6.07, 6.45) is 0.210. The van der Waals surface area contributed by atoms with E-state index in [1.807, 2.05) is 44.2 Å². The van der Waals surface area contributed by atoms with Crippen LogP contribution in [-0.2, 0) is 22.6 Å². The Bertz CT molecular complexity index is 729. The lowest BCUT2D eigenvalue weighted by atomic mass is 10.1. The first-order valence-electron chi connectivity index (χ1n) is 8.75. The summed E-state index contributed by atoms with van der Waals surface area (Å²) in [5.74, 6) is -0.683. The molecule has 138 valence electrons. The first-order valence-corrected chi connectivity index (χ1v) is 8.75. The van der Waals surface area contributed by atoms with E-state index in [-0.39, 0.29) is 36.6 Å². The summed E-state index contributed by atoms with van der Waals surface area (Å²) in [5.41, 5.74) is 1.66. The van der Waals surface area contributed by atoms with Gasteiger partial charge in [0.25, 0.3) is 0 Å². The summed E-state index contributed by atoms with van der Waals surface area (Å²) in [5, 5.41) is 2.84.